The van der Waals surface area contributed by atoms with Crippen LogP contribution < -0.4 is 5.32 Å². The summed E-state index contributed by atoms with van der Waals surface area (Å²) < 4.78 is 0. The molecular formula is C15H19N3O2. The molecule has 2 unspecified atom stereocenters. The van der Waals surface area contributed by atoms with Crippen LogP contribution in [0, 0.1) is 5.92 Å². The third-order valence-electron chi connectivity index (χ3n) is 3.66. The highest BCUT2D eigenvalue weighted by Gasteiger charge is 2.16. The Morgan fingerprint density at radius 1 is 1.30 bits per heavy atom. The van der Waals surface area contributed by atoms with E-state index < -0.39 is 5.97 Å². The molecule has 1 aromatic heterocycles. The quantitative estimate of drug-likeness (QED) is 0.875. The number of nitrogens with one attached hydrogen (secondary N) is 1. The molecular weight excluding hydrogens is 254 g/mol. The lowest BCUT2D eigenvalue weighted by Crippen LogP contribution is -2.24. The number of benzene rings is 1. The second-order valence-electron chi connectivity index (χ2n) is 5.04. The molecule has 0 bridgehead atoms. The van der Waals surface area contributed by atoms with Gasteiger partial charge in [0, 0.05) is 11.4 Å². The minimum Gasteiger partial charge on any atom is -0.475 e. The number of anilines is 1. The molecule has 1 heterocycles. The summed E-state index contributed by atoms with van der Waals surface area (Å²) in [7, 11) is 0. The summed E-state index contributed by atoms with van der Waals surface area (Å²) in [5.74, 6) is -0.240. The number of aromatic nitrogens is 2. The Balaban J connectivity index is 2.47. The molecule has 0 aliphatic carbocycles. The van der Waals surface area contributed by atoms with Crippen LogP contribution in [0.5, 0.6) is 0 Å². The van der Waals surface area contributed by atoms with Crippen LogP contribution in [0.25, 0.3) is 10.9 Å². The fourth-order valence-electron chi connectivity index (χ4n) is 1.99. The SMILES string of the molecule is CCC(C)C(C)Nc1nc(C(=O)O)nc2ccccc12. The van der Waals surface area contributed by atoms with E-state index in [1.807, 2.05) is 18.2 Å². The average molecular weight is 273 g/mol. The largest absolute Gasteiger partial charge is 0.475 e. The maximum absolute atomic E-state index is 11.1. The number of carboxylic acids is 1. The van der Waals surface area contributed by atoms with Crippen LogP contribution in [-0.2, 0) is 0 Å². The zero-order chi connectivity index (χ0) is 14.7. The number of nitrogens with zero attached hydrogens (tertiary/aromatic N) is 2. The van der Waals surface area contributed by atoms with Crippen molar-refractivity contribution in [2.45, 2.75) is 33.2 Å². The Morgan fingerprint density at radius 2 is 2.00 bits per heavy atom. The summed E-state index contributed by atoms with van der Waals surface area (Å²) >= 11 is 0. The van der Waals surface area contributed by atoms with Gasteiger partial charge in [-0.05, 0) is 25.0 Å². The van der Waals surface area contributed by atoms with E-state index in [1.54, 1.807) is 6.07 Å². The Morgan fingerprint density at radius 3 is 2.65 bits per heavy atom. The Kier molecular flexibility index (Phi) is 4.17. The van der Waals surface area contributed by atoms with Crippen molar-refractivity contribution >= 4 is 22.7 Å². The number of hydrogen-bond donors (Lipinski definition) is 2. The first kappa shape index (κ1) is 14.2. The topological polar surface area (TPSA) is 75.1 Å². The van der Waals surface area contributed by atoms with Crippen LogP contribution in [0.15, 0.2) is 24.3 Å². The predicted octanol–water partition coefficient (Wildman–Crippen LogP) is 3.17. The van der Waals surface area contributed by atoms with Crippen LogP contribution in [0.4, 0.5) is 5.82 Å². The van der Waals surface area contributed by atoms with Gasteiger partial charge in [-0.25, -0.2) is 14.8 Å². The molecule has 5 nitrogen and oxygen atoms in total. The van der Waals surface area contributed by atoms with Crippen LogP contribution in [-0.4, -0.2) is 27.1 Å². The van der Waals surface area contributed by atoms with Gasteiger partial charge in [-0.15, -0.1) is 0 Å². The molecule has 0 spiro atoms. The maximum atomic E-state index is 11.1. The highest BCUT2D eigenvalue weighted by Crippen LogP contribution is 2.22. The average Bonchev–Trinajstić information content (AvgIpc) is 2.46. The van der Waals surface area contributed by atoms with Gasteiger partial charge in [0.05, 0.1) is 5.52 Å². The van der Waals surface area contributed by atoms with Gasteiger partial charge >= 0.3 is 5.97 Å². The third-order valence-corrected chi connectivity index (χ3v) is 3.66. The van der Waals surface area contributed by atoms with E-state index in [9.17, 15) is 4.79 Å². The first-order chi connectivity index (χ1) is 9.52. The molecule has 0 saturated carbocycles. The summed E-state index contributed by atoms with van der Waals surface area (Å²) in [6, 6.07) is 7.63. The minimum atomic E-state index is -1.12. The number of carbonyl (C=O) groups is 1. The summed E-state index contributed by atoms with van der Waals surface area (Å²) in [6.45, 7) is 6.36. The lowest BCUT2D eigenvalue weighted by Gasteiger charge is -2.21. The Hall–Kier alpha value is -2.17. The van der Waals surface area contributed by atoms with Crippen LogP contribution in [0.2, 0.25) is 0 Å². The van der Waals surface area contributed by atoms with Crippen LogP contribution in [0.1, 0.15) is 37.8 Å². The van der Waals surface area contributed by atoms with Crippen molar-refractivity contribution in [1.82, 2.24) is 9.97 Å². The summed E-state index contributed by atoms with van der Waals surface area (Å²) in [5.41, 5.74) is 0.638. The molecule has 20 heavy (non-hydrogen) atoms. The van der Waals surface area contributed by atoms with Gasteiger partial charge in [-0.1, -0.05) is 32.4 Å². The molecule has 106 valence electrons. The Labute approximate surface area is 118 Å². The number of fused-ring (bicyclic) bond motifs is 1. The van der Waals surface area contributed by atoms with Gasteiger partial charge in [-0.3, -0.25) is 0 Å². The van der Waals surface area contributed by atoms with E-state index in [-0.39, 0.29) is 11.9 Å². The smallest absolute Gasteiger partial charge is 0.374 e. The molecule has 2 rings (SSSR count). The number of carboxylic acid groups (broad SMARTS) is 1. The molecule has 0 fully saturated rings. The highest BCUT2D eigenvalue weighted by atomic mass is 16.4. The number of aromatic carboxylic acids is 1. The minimum absolute atomic E-state index is 0.178. The first-order valence-corrected chi connectivity index (χ1v) is 6.79. The van der Waals surface area contributed by atoms with Crippen molar-refractivity contribution in [2.24, 2.45) is 5.92 Å². The second kappa shape index (κ2) is 5.86. The normalized spacial score (nSPS) is 13.9. The molecule has 2 atom stereocenters. The van der Waals surface area contributed by atoms with Crippen molar-refractivity contribution in [3.05, 3.63) is 30.1 Å². The van der Waals surface area contributed by atoms with Gasteiger partial charge in [0.15, 0.2) is 0 Å². The van der Waals surface area contributed by atoms with Crippen LogP contribution >= 0.6 is 0 Å². The molecule has 0 aliphatic rings. The van der Waals surface area contributed by atoms with E-state index in [4.69, 9.17) is 5.11 Å². The van der Waals surface area contributed by atoms with E-state index in [2.05, 4.69) is 36.1 Å². The van der Waals surface area contributed by atoms with Crippen molar-refractivity contribution in [2.75, 3.05) is 5.32 Å². The third kappa shape index (κ3) is 2.87. The van der Waals surface area contributed by atoms with Gasteiger partial charge < -0.3 is 10.4 Å². The number of hydrogen-bond acceptors (Lipinski definition) is 4. The summed E-state index contributed by atoms with van der Waals surface area (Å²) in [6.07, 6.45) is 1.04. The zero-order valence-corrected chi connectivity index (χ0v) is 11.9. The van der Waals surface area contributed by atoms with Gasteiger partial charge in [0.25, 0.3) is 0 Å². The van der Waals surface area contributed by atoms with E-state index >= 15 is 0 Å². The highest BCUT2D eigenvalue weighted by molar-refractivity contribution is 5.93. The zero-order valence-electron chi connectivity index (χ0n) is 11.9. The molecule has 0 saturated heterocycles. The monoisotopic (exact) mass is 273 g/mol. The molecule has 0 radical (unpaired) electrons. The van der Waals surface area contributed by atoms with E-state index in [1.165, 1.54) is 0 Å². The fourth-order valence-corrected chi connectivity index (χ4v) is 1.99. The second-order valence-corrected chi connectivity index (χ2v) is 5.04. The van der Waals surface area contributed by atoms with E-state index in [0.717, 1.165) is 11.8 Å². The Bertz CT molecular complexity index is 628. The molecule has 0 amide bonds. The lowest BCUT2D eigenvalue weighted by molar-refractivity contribution is 0.0684. The lowest BCUT2D eigenvalue weighted by atomic mass is 10.0. The van der Waals surface area contributed by atoms with Gasteiger partial charge in [0.2, 0.25) is 5.82 Å². The molecule has 2 aromatic rings. The molecule has 0 aliphatic heterocycles. The van der Waals surface area contributed by atoms with Crippen molar-refractivity contribution in [3.8, 4) is 0 Å². The van der Waals surface area contributed by atoms with Crippen molar-refractivity contribution in [3.63, 3.8) is 0 Å². The fraction of sp³-hybridized carbons (Fsp3) is 0.400. The van der Waals surface area contributed by atoms with Crippen LogP contribution in [0.3, 0.4) is 0 Å². The first-order valence-electron chi connectivity index (χ1n) is 6.79. The summed E-state index contributed by atoms with van der Waals surface area (Å²) in [5, 5.41) is 13.3. The molecule has 1 aromatic carbocycles. The maximum Gasteiger partial charge on any atom is 0.374 e. The number of para-hydroxylation sites is 1. The molecule has 5 heteroatoms. The van der Waals surface area contributed by atoms with Gasteiger partial charge in [-0.2, -0.15) is 0 Å². The molecule has 2 N–H and O–H groups in total. The van der Waals surface area contributed by atoms with Crippen molar-refractivity contribution < 1.29 is 9.90 Å². The standard InChI is InChI=1S/C15H19N3O2/c1-4-9(2)10(3)16-13-11-7-5-6-8-12(11)17-14(18-13)15(19)20/h5-10H,4H2,1-3H3,(H,19,20)(H,16,17,18). The predicted molar refractivity (Wildman–Crippen MR) is 79.0 cm³/mol. The van der Waals surface area contributed by atoms with Gasteiger partial charge in [0.1, 0.15) is 5.82 Å². The van der Waals surface area contributed by atoms with Crippen molar-refractivity contribution in [1.29, 1.82) is 0 Å². The number of rotatable bonds is 5. The van der Waals surface area contributed by atoms with E-state index in [0.29, 0.717) is 17.3 Å². The summed E-state index contributed by atoms with van der Waals surface area (Å²) in [4.78, 5) is 19.3.